The number of carbonyl (C=O) groups excluding carboxylic acids is 2. The molecule has 2 aromatic carbocycles. The minimum atomic E-state index is -0.735. The molecule has 0 radical (unpaired) electrons. The van der Waals surface area contributed by atoms with E-state index in [0.29, 0.717) is 29.8 Å². The van der Waals surface area contributed by atoms with Gasteiger partial charge in [0, 0.05) is 30.2 Å². The molecular weight excluding hydrogens is 349 g/mol. The molecule has 4 rings (SSSR count). The minimum absolute atomic E-state index is 0.214. The van der Waals surface area contributed by atoms with Crippen molar-refractivity contribution in [3.63, 3.8) is 0 Å². The normalized spacial score (nSPS) is 14.3. The lowest BCUT2D eigenvalue weighted by molar-refractivity contribution is -0.112. The summed E-state index contributed by atoms with van der Waals surface area (Å²) < 4.78 is 18.7. The molecule has 6 nitrogen and oxygen atoms in total. The van der Waals surface area contributed by atoms with Gasteiger partial charge >= 0.3 is 0 Å². The Morgan fingerprint density at radius 2 is 1.89 bits per heavy atom. The first-order valence-corrected chi connectivity index (χ1v) is 8.67. The number of ether oxygens (including phenoxy) is 1. The van der Waals surface area contributed by atoms with Crippen LogP contribution in [0.4, 0.5) is 15.8 Å². The molecule has 7 heteroatoms. The van der Waals surface area contributed by atoms with Crippen LogP contribution in [0.25, 0.3) is 10.9 Å². The minimum Gasteiger partial charge on any atom is -0.378 e. The van der Waals surface area contributed by atoms with Crippen LogP contribution < -0.4 is 10.2 Å². The molecule has 0 atom stereocenters. The highest BCUT2D eigenvalue weighted by atomic mass is 19.1. The van der Waals surface area contributed by atoms with Gasteiger partial charge in [-0.05, 0) is 30.3 Å². The molecule has 0 spiro atoms. The first-order valence-electron chi connectivity index (χ1n) is 8.67. The molecule has 1 fully saturated rings. The Balaban J connectivity index is 1.58. The number of anilines is 2. The second-order valence-electron chi connectivity index (χ2n) is 6.29. The molecule has 1 amide bonds. The average molecular weight is 367 g/mol. The van der Waals surface area contributed by atoms with Gasteiger partial charge in [-0.15, -0.1) is 0 Å². The van der Waals surface area contributed by atoms with E-state index in [1.807, 2.05) is 12.1 Å². The van der Waals surface area contributed by atoms with Crippen LogP contribution in [0.15, 0.2) is 48.7 Å². The summed E-state index contributed by atoms with van der Waals surface area (Å²) in [6.45, 7) is 2.67. The lowest BCUT2D eigenvalue weighted by atomic mass is 10.1. The number of H-pyrrole nitrogens is 1. The molecule has 1 aromatic heterocycles. The fraction of sp³-hybridized carbons (Fsp3) is 0.200. The topological polar surface area (TPSA) is 74.4 Å². The van der Waals surface area contributed by atoms with E-state index in [1.54, 1.807) is 12.1 Å². The Hall–Kier alpha value is -3.19. The van der Waals surface area contributed by atoms with E-state index >= 15 is 0 Å². The van der Waals surface area contributed by atoms with Crippen molar-refractivity contribution in [2.45, 2.75) is 0 Å². The molecule has 1 aliphatic heterocycles. The van der Waals surface area contributed by atoms with Gasteiger partial charge in [-0.25, -0.2) is 4.39 Å². The van der Waals surface area contributed by atoms with Crippen LogP contribution in [0.5, 0.6) is 0 Å². The summed E-state index contributed by atoms with van der Waals surface area (Å²) in [5.74, 6) is -1.82. The van der Waals surface area contributed by atoms with E-state index in [2.05, 4.69) is 15.2 Å². The lowest BCUT2D eigenvalue weighted by Crippen LogP contribution is -2.37. The van der Waals surface area contributed by atoms with Crippen molar-refractivity contribution in [1.82, 2.24) is 4.98 Å². The van der Waals surface area contributed by atoms with Crippen LogP contribution in [-0.4, -0.2) is 43.0 Å². The second kappa shape index (κ2) is 7.20. The van der Waals surface area contributed by atoms with E-state index in [4.69, 9.17) is 4.74 Å². The van der Waals surface area contributed by atoms with E-state index in [0.717, 1.165) is 18.8 Å². The molecule has 3 aromatic rings. The Labute approximate surface area is 154 Å². The number of hydrogen-bond acceptors (Lipinski definition) is 4. The SMILES string of the molecule is O=C(Nc1ccccc1N1CCOCC1)C(=O)c1c[nH]c2cc(F)ccc12. The zero-order valence-corrected chi connectivity index (χ0v) is 14.5. The van der Waals surface area contributed by atoms with Gasteiger partial charge in [0.05, 0.1) is 30.2 Å². The number of halogens is 1. The number of hydrogen-bond donors (Lipinski definition) is 2. The van der Waals surface area contributed by atoms with Crippen LogP contribution in [0.3, 0.4) is 0 Å². The molecule has 1 aliphatic rings. The third kappa shape index (κ3) is 3.41. The van der Waals surface area contributed by atoms with Gasteiger partial charge in [0.1, 0.15) is 5.82 Å². The van der Waals surface area contributed by atoms with E-state index in [-0.39, 0.29) is 5.56 Å². The van der Waals surface area contributed by atoms with Gasteiger partial charge in [-0.3, -0.25) is 9.59 Å². The summed E-state index contributed by atoms with van der Waals surface area (Å²) in [6.07, 6.45) is 1.43. The summed E-state index contributed by atoms with van der Waals surface area (Å²) in [6, 6.07) is 11.4. The Bertz CT molecular complexity index is 1010. The molecule has 1 saturated heterocycles. The molecule has 2 heterocycles. The summed E-state index contributed by atoms with van der Waals surface area (Å²) in [7, 11) is 0. The van der Waals surface area contributed by atoms with Gasteiger partial charge in [0.2, 0.25) is 0 Å². The van der Waals surface area contributed by atoms with Crippen molar-refractivity contribution in [1.29, 1.82) is 0 Å². The molecule has 2 N–H and O–H groups in total. The Morgan fingerprint density at radius 1 is 1.11 bits per heavy atom. The van der Waals surface area contributed by atoms with E-state index in [9.17, 15) is 14.0 Å². The van der Waals surface area contributed by atoms with Crippen molar-refractivity contribution >= 4 is 34.0 Å². The molecule has 0 bridgehead atoms. The van der Waals surface area contributed by atoms with Crippen LogP contribution in [-0.2, 0) is 9.53 Å². The smallest absolute Gasteiger partial charge is 0.296 e. The molecule has 0 unspecified atom stereocenters. The van der Waals surface area contributed by atoms with E-state index in [1.165, 1.54) is 24.4 Å². The molecular formula is C20H18FN3O3. The maximum Gasteiger partial charge on any atom is 0.296 e. The Morgan fingerprint density at radius 3 is 2.70 bits per heavy atom. The predicted octanol–water partition coefficient (Wildman–Crippen LogP) is 2.97. The van der Waals surface area contributed by atoms with Crippen LogP contribution >= 0.6 is 0 Å². The van der Waals surface area contributed by atoms with Crippen molar-refractivity contribution in [3.05, 3.63) is 60.0 Å². The quantitative estimate of drug-likeness (QED) is 0.549. The van der Waals surface area contributed by atoms with Crippen molar-refractivity contribution < 1.29 is 18.7 Å². The lowest BCUT2D eigenvalue weighted by Gasteiger charge is -2.30. The predicted molar refractivity (Wildman–Crippen MR) is 101 cm³/mol. The highest BCUT2D eigenvalue weighted by molar-refractivity contribution is 6.48. The number of morpholine rings is 1. The first-order chi connectivity index (χ1) is 13.1. The molecule has 27 heavy (non-hydrogen) atoms. The average Bonchev–Trinajstić information content (AvgIpc) is 3.11. The number of fused-ring (bicyclic) bond motifs is 1. The largest absolute Gasteiger partial charge is 0.378 e. The summed E-state index contributed by atoms with van der Waals surface area (Å²) in [4.78, 5) is 30.1. The van der Waals surface area contributed by atoms with Gasteiger partial charge in [0.25, 0.3) is 11.7 Å². The number of benzene rings is 2. The van der Waals surface area contributed by atoms with Gasteiger partial charge in [0.15, 0.2) is 0 Å². The summed E-state index contributed by atoms with van der Waals surface area (Å²) in [5, 5.41) is 3.23. The highest BCUT2D eigenvalue weighted by Gasteiger charge is 2.22. The standard InChI is InChI=1S/C20H18FN3O3/c21-13-5-6-14-15(12-22-17(14)11-13)19(25)20(26)23-16-3-1-2-4-18(16)24-7-9-27-10-8-24/h1-6,11-12,22H,7-10H2,(H,23,26). The van der Waals surface area contributed by atoms with Crippen LogP contribution in [0.2, 0.25) is 0 Å². The number of carbonyl (C=O) groups is 2. The zero-order valence-electron chi connectivity index (χ0n) is 14.5. The number of rotatable bonds is 4. The van der Waals surface area contributed by atoms with Crippen molar-refractivity contribution in [3.8, 4) is 0 Å². The fourth-order valence-electron chi connectivity index (χ4n) is 3.25. The maximum atomic E-state index is 13.3. The zero-order chi connectivity index (χ0) is 18.8. The number of Topliss-reactive ketones (excluding diaryl/α,β-unsaturated/α-hetero) is 1. The number of para-hydroxylation sites is 2. The monoisotopic (exact) mass is 367 g/mol. The number of nitrogens with zero attached hydrogens (tertiary/aromatic N) is 1. The number of aromatic nitrogens is 1. The number of ketones is 1. The van der Waals surface area contributed by atoms with Gasteiger partial charge in [-0.2, -0.15) is 0 Å². The van der Waals surface area contributed by atoms with Crippen molar-refractivity contribution in [2.75, 3.05) is 36.5 Å². The van der Waals surface area contributed by atoms with Crippen molar-refractivity contribution in [2.24, 2.45) is 0 Å². The molecule has 0 saturated carbocycles. The summed E-state index contributed by atoms with van der Waals surface area (Å²) >= 11 is 0. The number of aromatic amines is 1. The molecule has 0 aliphatic carbocycles. The van der Waals surface area contributed by atoms with Crippen LogP contribution in [0, 0.1) is 5.82 Å². The fourth-order valence-corrected chi connectivity index (χ4v) is 3.25. The maximum absolute atomic E-state index is 13.3. The van der Waals surface area contributed by atoms with E-state index < -0.39 is 17.5 Å². The summed E-state index contributed by atoms with van der Waals surface area (Å²) in [5.41, 5.74) is 2.11. The van der Waals surface area contributed by atoms with Crippen LogP contribution in [0.1, 0.15) is 10.4 Å². The Kier molecular flexibility index (Phi) is 4.60. The second-order valence-corrected chi connectivity index (χ2v) is 6.29. The molecule has 138 valence electrons. The first kappa shape index (κ1) is 17.2. The third-order valence-electron chi connectivity index (χ3n) is 4.60. The van der Waals surface area contributed by atoms with Gasteiger partial charge < -0.3 is 19.9 Å². The highest BCUT2D eigenvalue weighted by Crippen LogP contribution is 2.27. The third-order valence-corrected chi connectivity index (χ3v) is 4.60. The van der Waals surface area contributed by atoms with Gasteiger partial charge in [-0.1, -0.05) is 12.1 Å². The number of amides is 1. The number of nitrogens with one attached hydrogen (secondary N) is 2.